The number of nitrogens with zero attached hydrogens (tertiary/aromatic N) is 1. The SMILES string of the molecule is COC(=O)Nc1ccc2c(c1)NC(=O)[C@H](C)CCC[C@H](N)c1nc-2c(Cl)[nH]1. The van der Waals surface area contributed by atoms with Gasteiger partial charge in [0.2, 0.25) is 5.91 Å². The van der Waals surface area contributed by atoms with Crippen LogP contribution in [-0.4, -0.2) is 29.1 Å². The molecule has 0 fully saturated rings. The molecular weight excluding hydrogens is 370 g/mol. The van der Waals surface area contributed by atoms with Gasteiger partial charge in [-0.1, -0.05) is 24.9 Å². The van der Waals surface area contributed by atoms with Gasteiger partial charge in [0, 0.05) is 17.2 Å². The summed E-state index contributed by atoms with van der Waals surface area (Å²) in [6.07, 6.45) is 1.60. The van der Waals surface area contributed by atoms with Gasteiger partial charge in [-0.2, -0.15) is 0 Å². The number of fused-ring (bicyclic) bond motifs is 4. The molecule has 5 N–H and O–H groups in total. The number of ether oxygens (including phenoxy) is 1. The van der Waals surface area contributed by atoms with Crippen molar-refractivity contribution in [1.29, 1.82) is 0 Å². The number of carbonyl (C=O) groups excluding carboxylic acids is 2. The Hall–Kier alpha value is -2.58. The van der Waals surface area contributed by atoms with Crippen molar-refractivity contribution in [3.05, 3.63) is 29.2 Å². The second-order valence-electron chi connectivity index (χ2n) is 6.59. The third-order valence-electron chi connectivity index (χ3n) is 4.59. The van der Waals surface area contributed by atoms with Crippen LogP contribution in [-0.2, 0) is 9.53 Å². The molecule has 1 aromatic carbocycles. The molecule has 2 amide bonds. The number of hydrogen-bond acceptors (Lipinski definition) is 5. The number of H-pyrrole nitrogens is 1. The molecule has 0 aliphatic carbocycles. The molecule has 8 nitrogen and oxygen atoms in total. The van der Waals surface area contributed by atoms with E-state index in [9.17, 15) is 9.59 Å². The molecule has 0 radical (unpaired) electrons. The van der Waals surface area contributed by atoms with Crippen molar-refractivity contribution in [3.63, 3.8) is 0 Å². The van der Waals surface area contributed by atoms with E-state index in [1.165, 1.54) is 7.11 Å². The summed E-state index contributed by atoms with van der Waals surface area (Å²) in [5, 5.41) is 5.85. The topological polar surface area (TPSA) is 122 Å². The maximum absolute atomic E-state index is 12.6. The number of halogens is 1. The van der Waals surface area contributed by atoms with Crippen molar-refractivity contribution < 1.29 is 14.3 Å². The number of rotatable bonds is 1. The van der Waals surface area contributed by atoms with E-state index in [1.54, 1.807) is 18.2 Å². The first kappa shape index (κ1) is 19.2. The minimum atomic E-state index is -0.603. The zero-order chi connectivity index (χ0) is 19.6. The first-order valence-electron chi connectivity index (χ1n) is 8.70. The van der Waals surface area contributed by atoms with Gasteiger partial charge in [-0.3, -0.25) is 10.1 Å². The van der Waals surface area contributed by atoms with Gasteiger partial charge in [-0.05, 0) is 31.0 Å². The van der Waals surface area contributed by atoms with Gasteiger partial charge in [-0.15, -0.1) is 0 Å². The van der Waals surface area contributed by atoms with E-state index >= 15 is 0 Å². The number of aromatic nitrogens is 2. The molecule has 2 atom stereocenters. The second-order valence-corrected chi connectivity index (χ2v) is 6.97. The number of imidazole rings is 1. The molecule has 2 heterocycles. The molecular formula is C18H22ClN5O3. The molecule has 144 valence electrons. The Bertz CT molecular complexity index is 867. The number of benzene rings is 1. The van der Waals surface area contributed by atoms with Crippen LogP contribution in [0, 0.1) is 5.92 Å². The Morgan fingerprint density at radius 1 is 1.41 bits per heavy atom. The number of amides is 2. The van der Waals surface area contributed by atoms with E-state index in [2.05, 4.69) is 25.3 Å². The average molecular weight is 392 g/mol. The lowest BCUT2D eigenvalue weighted by atomic mass is 9.99. The van der Waals surface area contributed by atoms with Crippen LogP contribution in [0.5, 0.6) is 0 Å². The summed E-state index contributed by atoms with van der Waals surface area (Å²) in [5.41, 5.74) is 8.31. The molecule has 1 aromatic heterocycles. The van der Waals surface area contributed by atoms with Crippen LogP contribution < -0.4 is 16.4 Å². The molecule has 0 unspecified atom stereocenters. The van der Waals surface area contributed by atoms with Gasteiger partial charge in [0.1, 0.15) is 16.7 Å². The molecule has 2 bridgehead atoms. The lowest BCUT2D eigenvalue weighted by Crippen LogP contribution is -2.22. The standard InChI is InChI=1S/C18H22ClN5O3/c1-9-4-3-5-12(20)16-23-14(15(19)24-16)11-7-6-10(21-18(26)27-2)8-13(11)22-17(9)25/h6-9,12H,3-5,20H2,1-2H3,(H,21,26)(H,22,25)(H,23,24)/t9-,12+/m1/s1. The van der Waals surface area contributed by atoms with Crippen LogP contribution >= 0.6 is 11.6 Å². The van der Waals surface area contributed by atoms with Crippen LogP contribution in [0.3, 0.4) is 0 Å². The number of hydrogen-bond donors (Lipinski definition) is 4. The number of anilines is 2. The maximum Gasteiger partial charge on any atom is 0.411 e. The lowest BCUT2D eigenvalue weighted by molar-refractivity contribution is -0.119. The zero-order valence-electron chi connectivity index (χ0n) is 15.1. The van der Waals surface area contributed by atoms with Gasteiger partial charge in [0.15, 0.2) is 0 Å². The van der Waals surface area contributed by atoms with Crippen molar-refractivity contribution in [2.24, 2.45) is 11.7 Å². The van der Waals surface area contributed by atoms with Crippen molar-refractivity contribution in [3.8, 4) is 11.3 Å². The summed E-state index contributed by atoms with van der Waals surface area (Å²) in [7, 11) is 1.28. The Labute approximate surface area is 161 Å². The summed E-state index contributed by atoms with van der Waals surface area (Å²) in [5.74, 6) is 0.309. The van der Waals surface area contributed by atoms with Crippen molar-refractivity contribution >= 4 is 35.0 Å². The molecule has 2 aromatic rings. The minimum absolute atomic E-state index is 0.118. The summed E-state index contributed by atoms with van der Waals surface area (Å²) in [6.45, 7) is 1.87. The molecule has 0 spiro atoms. The number of aromatic amines is 1. The quantitative estimate of drug-likeness (QED) is 0.590. The summed E-state index contributed by atoms with van der Waals surface area (Å²) >= 11 is 6.35. The fourth-order valence-electron chi connectivity index (χ4n) is 2.99. The largest absolute Gasteiger partial charge is 0.453 e. The third-order valence-corrected chi connectivity index (χ3v) is 4.87. The van der Waals surface area contributed by atoms with Gasteiger partial charge in [-0.25, -0.2) is 9.78 Å². The first-order chi connectivity index (χ1) is 12.9. The van der Waals surface area contributed by atoms with E-state index < -0.39 is 6.09 Å². The van der Waals surface area contributed by atoms with Crippen molar-refractivity contribution in [1.82, 2.24) is 9.97 Å². The van der Waals surface area contributed by atoms with E-state index in [0.717, 1.165) is 6.42 Å². The molecule has 9 heteroatoms. The summed E-state index contributed by atoms with van der Waals surface area (Å²) < 4.78 is 4.61. The molecule has 1 aliphatic heterocycles. The van der Waals surface area contributed by atoms with Crippen LogP contribution in [0.25, 0.3) is 11.3 Å². The van der Waals surface area contributed by atoms with E-state index in [0.29, 0.717) is 46.5 Å². The fourth-order valence-corrected chi connectivity index (χ4v) is 3.23. The Morgan fingerprint density at radius 2 is 2.19 bits per heavy atom. The van der Waals surface area contributed by atoms with Crippen LogP contribution in [0.15, 0.2) is 18.2 Å². The Balaban J connectivity index is 2.08. The van der Waals surface area contributed by atoms with E-state index in [4.69, 9.17) is 17.3 Å². The fraction of sp³-hybridized carbons (Fsp3) is 0.389. The highest BCUT2D eigenvalue weighted by Crippen LogP contribution is 2.36. The van der Waals surface area contributed by atoms with Gasteiger partial charge in [0.25, 0.3) is 0 Å². The zero-order valence-corrected chi connectivity index (χ0v) is 15.9. The number of nitrogens with one attached hydrogen (secondary N) is 3. The minimum Gasteiger partial charge on any atom is -0.453 e. The van der Waals surface area contributed by atoms with Crippen molar-refractivity contribution in [2.75, 3.05) is 17.7 Å². The number of carbonyl (C=O) groups is 2. The second kappa shape index (κ2) is 7.98. The monoisotopic (exact) mass is 391 g/mol. The number of methoxy groups -OCH3 is 1. The average Bonchev–Trinajstić information content (AvgIpc) is 3.02. The van der Waals surface area contributed by atoms with E-state index in [1.807, 2.05) is 6.92 Å². The van der Waals surface area contributed by atoms with Gasteiger partial charge >= 0.3 is 6.09 Å². The third kappa shape index (κ3) is 4.23. The highest BCUT2D eigenvalue weighted by atomic mass is 35.5. The Morgan fingerprint density at radius 3 is 2.93 bits per heavy atom. The van der Waals surface area contributed by atoms with Crippen LogP contribution in [0.1, 0.15) is 38.1 Å². The lowest BCUT2D eigenvalue weighted by Gasteiger charge is -2.17. The van der Waals surface area contributed by atoms with Crippen LogP contribution in [0.2, 0.25) is 5.15 Å². The predicted molar refractivity (Wildman–Crippen MR) is 104 cm³/mol. The Kier molecular flexibility index (Phi) is 5.67. The summed E-state index contributed by atoms with van der Waals surface area (Å²) in [4.78, 5) is 31.7. The normalized spacial score (nSPS) is 19.9. The van der Waals surface area contributed by atoms with Gasteiger partial charge in [0.05, 0.1) is 18.8 Å². The van der Waals surface area contributed by atoms with Crippen LogP contribution in [0.4, 0.5) is 16.2 Å². The molecule has 0 saturated carbocycles. The highest BCUT2D eigenvalue weighted by molar-refractivity contribution is 6.32. The summed E-state index contributed by atoms with van der Waals surface area (Å²) in [6, 6.07) is 4.78. The van der Waals surface area contributed by atoms with Gasteiger partial charge < -0.3 is 20.8 Å². The molecule has 0 saturated heterocycles. The van der Waals surface area contributed by atoms with E-state index in [-0.39, 0.29) is 17.9 Å². The molecule has 27 heavy (non-hydrogen) atoms. The smallest absolute Gasteiger partial charge is 0.411 e. The van der Waals surface area contributed by atoms with Crippen molar-refractivity contribution in [2.45, 2.75) is 32.2 Å². The molecule has 3 rings (SSSR count). The highest BCUT2D eigenvalue weighted by Gasteiger charge is 2.22. The maximum atomic E-state index is 12.6. The first-order valence-corrected chi connectivity index (χ1v) is 9.08. The predicted octanol–water partition coefficient (Wildman–Crippen LogP) is 3.67. The number of nitrogens with two attached hydrogens (primary N) is 1. The molecule has 1 aliphatic rings.